The summed E-state index contributed by atoms with van der Waals surface area (Å²) in [6, 6.07) is 20.8. The summed E-state index contributed by atoms with van der Waals surface area (Å²) in [4.78, 5) is 18.4. The van der Waals surface area contributed by atoms with E-state index in [1.54, 1.807) is 12.1 Å². The van der Waals surface area contributed by atoms with Gasteiger partial charge in [-0.1, -0.05) is 0 Å². The van der Waals surface area contributed by atoms with Crippen molar-refractivity contribution in [1.82, 2.24) is 19.9 Å². The molecular formula is C24H16As4N4O6. The summed E-state index contributed by atoms with van der Waals surface area (Å²) < 4.78 is 63.6. The molecule has 14 heteroatoms. The molecule has 4 aromatic carbocycles. The second-order valence-corrected chi connectivity index (χ2v) is 22.5. The fourth-order valence-corrected chi connectivity index (χ4v) is 13.3. The van der Waals surface area contributed by atoms with E-state index in [4.69, 9.17) is 0 Å². The number of nitrogens with zero attached hydrogens (tertiary/aromatic N) is 4. The van der Waals surface area contributed by atoms with E-state index in [1.807, 2.05) is 36.4 Å². The van der Waals surface area contributed by atoms with E-state index in [0.717, 1.165) is 11.0 Å². The third-order valence-electron chi connectivity index (χ3n) is 5.75. The average molecular weight is 756 g/mol. The van der Waals surface area contributed by atoms with E-state index in [1.165, 1.54) is 33.0 Å². The van der Waals surface area contributed by atoms with Gasteiger partial charge in [-0.2, -0.15) is 0 Å². The Morgan fingerprint density at radius 2 is 0.763 bits per heavy atom. The van der Waals surface area contributed by atoms with Gasteiger partial charge in [-0.15, -0.1) is 0 Å². The van der Waals surface area contributed by atoms with Crippen molar-refractivity contribution in [2.75, 3.05) is 0 Å². The topological polar surface area (TPSA) is 167 Å². The molecule has 0 aliphatic rings. The molecule has 0 bridgehead atoms. The molecule has 2 heterocycles. The van der Waals surface area contributed by atoms with E-state index >= 15 is 0 Å². The SMILES string of the molecule is O=[As](O)(O)c1ccc2nc3cc([As]=[As]c4ccc5nc6cc([As](=O)(O)O)ccc6nc5c4)ccc3nc2c1. The van der Waals surface area contributed by atoms with Crippen molar-refractivity contribution in [3.63, 3.8) is 0 Å². The maximum absolute atomic E-state index is 11.6. The fourth-order valence-electron chi connectivity index (χ4n) is 3.90. The third kappa shape index (κ3) is 5.29. The number of hydrogen-bond acceptors (Lipinski definition) is 6. The summed E-state index contributed by atoms with van der Waals surface area (Å²) in [6.45, 7) is 0. The maximum atomic E-state index is 11.6. The van der Waals surface area contributed by atoms with Crippen LogP contribution in [0, 0.1) is 0 Å². The van der Waals surface area contributed by atoms with Gasteiger partial charge in [0.2, 0.25) is 0 Å². The summed E-state index contributed by atoms with van der Waals surface area (Å²) in [7, 11) is 0. The van der Waals surface area contributed by atoms with E-state index in [0.29, 0.717) is 33.1 Å². The van der Waals surface area contributed by atoms with Crippen LogP contribution in [0.2, 0.25) is 0 Å². The molecule has 0 saturated heterocycles. The van der Waals surface area contributed by atoms with Crippen LogP contribution in [0.25, 0.3) is 44.1 Å². The molecule has 0 aliphatic carbocycles. The van der Waals surface area contributed by atoms with Gasteiger partial charge in [0.1, 0.15) is 0 Å². The van der Waals surface area contributed by atoms with Gasteiger partial charge >= 0.3 is 233 Å². The summed E-state index contributed by atoms with van der Waals surface area (Å²) in [6.07, 6.45) is 0. The third-order valence-corrected chi connectivity index (χ3v) is 18.2. The van der Waals surface area contributed by atoms with Gasteiger partial charge < -0.3 is 0 Å². The summed E-state index contributed by atoms with van der Waals surface area (Å²) in [5.41, 5.74) is 4.91. The molecule has 4 N–H and O–H groups in total. The van der Waals surface area contributed by atoms with Crippen molar-refractivity contribution in [2.24, 2.45) is 0 Å². The molecule has 10 nitrogen and oxygen atoms in total. The minimum atomic E-state index is -5.01. The molecule has 2 aromatic heterocycles. The molecule has 0 fully saturated rings. The minimum absolute atomic E-state index is 0.0189. The van der Waals surface area contributed by atoms with Gasteiger partial charge in [0, 0.05) is 0 Å². The van der Waals surface area contributed by atoms with Crippen LogP contribution in [0.3, 0.4) is 0 Å². The van der Waals surface area contributed by atoms with Crippen LogP contribution in [-0.2, 0) is 7.48 Å². The molecule has 38 heavy (non-hydrogen) atoms. The number of rotatable bonds is 4. The molecule has 0 saturated carbocycles. The molecule has 0 radical (unpaired) electrons. The molecule has 0 amide bonds. The van der Waals surface area contributed by atoms with Crippen LogP contribution in [0.15, 0.2) is 72.8 Å². The molecule has 188 valence electrons. The Hall–Kier alpha value is -2.25. The number of benzene rings is 4. The van der Waals surface area contributed by atoms with Crippen LogP contribution >= 0.6 is 0 Å². The first-order valence-electron chi connectivity index (χ1n) is 11.0. The standard InChI is InChI=1S/C24H16As4N4O6/c33-27(34,35)15-3-7-19-23(11-15)31-17-5-1-13(9-21(17)29-19)25-26-14-2-6-18-22(10-14)30-20-8-4-16(28(36,37)38)12-24(20)32-18/h1-12H,(H2,33,34,35)(H2,36,37,38). The summed E-state index contributed by atoms with van der Waals surface area (Å²) in [5, 5.41) is 0. The first-order valence-corrected chi connectivity index (χ1v) is 24.8. The predicted molar refractivity (Wildman–Crippen MR) is 146 cm³/mol. The van der Waals surface area contributed by atoms with E-state index in [9.17, 15) is 23.9 Å². The van der Waals surface area contributed by atoms with E-state index in [-0.39, 0.29) is 35.0 Å². The van der Waals surface area contributed by atoms with Gasteiger partial charge in [0.05, 0.1) is 0 Å². The van der Waals surface area contributed by atoms with Crippen molar-refractivity contribution < 1.29 is 23.9 Å². The predicted octanol–water partition coefficient (Wildman–Crippen LogP) is -1.72. The Morgan fingerprint density at radius 3 is 1.11 bits per heavy atom. The first kappa shape index (κ1) is 26.0. The Morgan fingerprint density at radius 1 is 0.447 bits per heavy atom. The van der Waals surface area contributed by atoms with Crippen LogP contribution in [0.1, 0.15) is 0 Å². The van der Waals surface area contributed by atoms with Crippen molar-refractivity contribution >= 4 is 116 Å². The van der Waals surface area contributed by atoms with Gasteiger partial charge in [-0.3, -0.25) is 0 Å². The van der Waals surface area contributed by atoms with Gasteiger partial charge in [-0.25, -0.2) is 0 Å². The van der Waals surface area contributed by atoms with E-state index in [2.05, 4.69) is 19.9 Å². The first-order chi connectivity index (χ1) is 18.0. The quantitative estimate of drug-likeness (QED) is 0.120. The number of aromatic nitrogens is 4. The monoisotopic (exact) mass is 756 g/mol. The van der Waals surface area contributed by atoms with Crippen molar-refractivity contribution in [3.8, 4) is 0 Å². The molecule has 6 rings (SSSR count). The van der Waals surface area contributed by atoms with Crippen LogP contribution in [0.4, 0.5) is 0 Å². The van der Waals surface area contributed by atoms with Gasteiger partial charge in [0.25, 0.3) is 0 Å². The number of fused-ring (bicyclic) bond motifs is 4. The van der Waals surface area contributed by atoms with Gasteiger partial charge in [0.15, 0.2) is 0 Å². The van der Waals surface area contributed by atoms with Crippen LogP contribution in [-0.4, -0.2) is 90.9 Å². The van der Waals surface area contributed by atoms with Crippen molar-refractivity contribution in [1.29, 1.82) is 0 Å². The molecule has 0 atom stereocenters. The molecule has 0 spiro atoms. The summed E-state index contributed by atoms with van der Waals surface area (Å²) in [5.74, 6) is 0. The fraction of sp³-hybridized carbons (Fsp3) is 0. The Labute approximate surface area is 231 Å². The summed E-state index contributed by atoms with van der Waals surface area (Å²) >= 11 is -10.3. The molecule has 0 unspecified atom stereocenters. The Balaban J connectivity index is 1.32. The van der Waals surface area contributed by atoms with Crippen molar-refractivity contribution in [3.05, 3.63) is 72.8 Å². The zero-order chi connectivity index (χ0) is 26.7. The molecular weight excluding hydrogens is 740 g/mol. The Kier molecular flexibility index (Phi) is 6.67. The second kappa shape index (κ2) is 9.74. The zero-order valence-corrected chi connectivity index (χ0v) is 26.6. The number of hydrogen-bond donors (Lipinski definition) is 4. The van der Waals surface area contributed by atoms with Gasteiger partial charge in [-0.05, 0) is 0 Å². The van der Waals surface area contributed by atoms with E-state index < -0.39 is 28.3 Å². The molecule has 6 aromatic rings. The normalized spacial score (nSPS) is 12.8. The van der Waals surface area contributed by atoms with Crippen LogP contribution < -0.4 is 17.4 Å². The van der Waals surface area contributed by atoms with Crippen molar-refractivity contribution in [2.45, 2.75) is 0 Å². The average Bonchev–Trinajstić information content (AvgIpc) is 2.87. The Bertz CT molecular complexity index is 1910. The van der Waals surface area contributed by atoms with Crippen LogP contribution in [0.5, 0.6) is 0 Å². The zero-order valence-electron chi connectivity index (χ0n) is 19.1. The second-order valence-electron chi connectivity index (χ2n) is 8.43. The molecule has 0 aliphatic heterocycles.